The summed E-state index contributed by atoms with van der Waals surface area (Å²) in [6.07, 6.45) is 5.20. The number of hydrogen-bond donors (Lipinski definition) is 1. The lowest BCUT2D eigenvalue weighted by Gasteiger charge is -1.98. The molecule has 0 aromatic carbocycles. The zero-order valence-corrected chi connectivity index (χ0v) is 5.42. The first kappa shape index (κ1) is 6.33. The van der Waals surface area contributed by atoms with E-state index in [1.807, 2.05) is 6.92 Å². The third-order valence-electron chi connectivity index (χ3n) is 1.70. The zero-order valence-electron chi connectivity index (χ0n) is 5.42. The summed E-state index contributed by atoms with van der Waals surface area (Å²) in [5.74, 6) is -0.680. The Labute approximate surface area is 54.2 Å². The molecular weight excluding hydrogens is 116 g/mol. The second-order valence-corrected chi connectivity index (χ2v) is 2.46. The van der Waals surface area contributed by atoms with E-state index >= 15 is 0 Å². The van der Waals surface area contributed by atoms with Gasteiger partial charge in [-0.15, -0.1) is 0 Å². The first-order valence-corrected chi connectivity index (χ1v) is 3.08. The summed E-state index contributed by atoms with van der Waals surface area (Å²) in [5, 5.41) is 8.58. The molecule has 1 fully saturated rings. The van der Waals surface area contributed by atoms with Crippen molar-refractivity contribution in [2.45, 2.75) is 19.8 Å². The highest BCUT2D eigenvalue weighted by Gasteiger charge is 2.47. The average Bonchev–Trinajstić information content (AvgIpc) is 2.49. The van der Waals surface area contributed by atoms with Gasteiger partial charge in [-0.3, -0.25) is 4.79 Å². The van der Waals surface area contributed by atoms with E-state index in [2.05, 4.69) is 0 Å². The number of allylic oxidation sites excluding steroid dienone is 1. The molecular formula is C7H10O2. The fourth-order valence-electron chi connectivity index (χ4n) is 0.906. The van der Waals surface area contributed by atoms with Crippen LogP contribution in [0.5, 0.6) is 0 Å². The third kappa shape index (κ3) is 0.969. The molecule has 0 aromatic rings. The van der Waals surface area contributed by atoms with E-state index in [0.717, 1.165) is 12.8 Å². The van der Waals surface area contributed by atoms with Gasteiger partial charge in [-0.25, -0.2) is 0 Å². The zero-order chi connectivity index (χ0) is 6.91. The summed E-state index contributed by atoms with van der Waals surface area (Å²) >= 11 is 0. The van der Waals surface area contributed by atoms with Gasteiger partial charge in [0, 0.05) is 0 Å². The van der Waals surface area contributed by atoms with Crippen molar-refractivity contribution < 1.29 is 9.90 Å². The van der Waals surface area contributed by atoms with E-state index < -0.39 is 11.4 Å². The third-order valence-corrected chi connectivity index (χ3v) is 1.70. The predicted octanol–water partition coefficient (Wildman–Crippen LogP) is 1.43. The molecule has 0 amide bonds. The molecule has 1 aliphatic rings. The van der Waals surface area contributed by atoms with Crippen LogP contribution in [0.25, 0.3) is 0 Å². The van der Waals surface area contributed by atoms with Crippen molar-refractivity contribution in [1.82, 2.24) is 0 Å². The summed E-state index contributed by atoms with van der Waals surface area (Å²) in [6.45, 7) is 1.85. The minimum atomic E-state index is -0.680. The molecule has 0 unspecified atom stereocenters. The van der Waals surface area contributed by atoms with Gasteiger partial charge in [0.2, 0.25) is 0 Å². The molecule has 9 heavy (non-hydrogen) atoms. The smallest absolute Gasteiger partial charge is 0.313 e. The molecule has 2 nitrogen and oxygen atoms in total. The molecule has 0 radical (unpaired) electrons. The fourth-order valence-corrected chi connectivity index (χ4v) is 0.906. The highest BCUT2D eigenvalue weighted by molar-refractivity contribution is 5.80. The number of carboxylic acid groups (broad SMARTS) is 1. The first-order chi connectivity index (χ1) is 4.21. The van der Waals surface area contributed by atoms with Gasteiger partial charge in [-0.05, 0) is 19.8 Å². The van der Waals surface area contributed by atoms with Gasteiger partial charge in [0.05, 0.1) is 5.41 Å². The number of carboxylic acids is 1. The minimum Gasteiger partial charge on any atom is -0.481 e. The van der Waals surface area contributed by atoms with E-state index in [4.69, 9.17) is 5.11 Å². The number of rotatable bonds is 2. The number of aliphatic carboxylic acids is 1. The van der Waals surface area contributed by atoms with Crippen LogP contribution in [-0.2, 0) is 4.79 Å². The second kappa shape index (κ2) is 1.87. The van der Waals surface area contributed by atoms with E-state index in [1.165, 1.54) is 0 Å². The van der Waals surface area contributed by atoms with Gasteiger partial charge < -0.3 is 5.11 Å². The Balaban J connectivity index is 2.63. The largest absolute Gasteiger partial charge is 0.481 e. The lowest BCUT2D eigenvalue weighted by atomic mass is 10.1. The van der Waals surface area contributed by atoms with Crippen molar-refractivity contribution in [3.8, 4) is 0 Å². The van der Waals surface area contributed by atoms with Crippen LogP contribution in [0.1, 0.15) is 19.8 Å². The fraction of sp³-hybridized carbons (Fsp3) is 0.571. The van der Waals surface area contributed by atoms with Gasteiger partial charge in [-0.2, -0.15) is 0 Å². The van der Waals surface area contributed by atoms with Crippen LogP contribution >= 0.6 is 0 Å². The molecule has 0 aliphatic heterocycles. The van der Waals surface area contributed by atoms with Gasteiger partial charge >= 0.3 is 5.97 Å². The minimum absolute atomic E-state index is 0.464. The van der Waals surface area contributed by atoms with E-state index in [0.29, 0.717) is 0 Å². The number of carbonyl (C=O) groups is 1. The molecule has 0 atom stereocenters. The topological polar surface area (TPSA) is 37.3 Å². The van der Waals surface area contributed by atoms with E-state index in [1.54, 1.807) is 12.2 Å². The summed E-state index contributed by atoms with van der Waals surface area (Å²) in [7, 11) is 0. The van der Waals surface area contributed by atoms with Gasteiger partial charge in [0.1, 0.15) is 0 Å². The van der Waals surface area contributed by atoms with Crippen molar-refractivity contribution in [3.63, 3.8) is 0 Å². The Morgan fingerprint density at radius 1 is 1.67 bits per heavy atom. The van der Waals surface area contributed by atoms with Gasteiger partial charge in [0.15, 0.2) is 0 Å². The van der Waals surface area contributed by atoms with Crippen molar-refractivity contribution in [2.24, 2.45) is 5.41 Å². The maximum Gasteiger partial charge on any atom is 0.313 e. The average molecular weight is 126 g/mol. The molecule has 0 saturated heterocycles. The molecule has 1 rings (SSSR count). The molecule has 0 bridgehead atoms. The van der Waals surface area contributed by atoms with E-state index in [-0.39, 0.29) is 0 Å². The number of hydrogen-bond acceptors (Lipinski definition) is 1. The SMILES string of the molecule is C/C=C/C1(C(=O)O)CC1. The van der Waals surface area contributed by atoms with Crippen LogP contribution in [0.2, 0.25) is 0 Å². The Hall–Kier alpha value is -0.790. The molecule has 0 heterocycles. The predicted molar refractivity (Wildman–Crippen MR) is 34.1 cm³/mol. The highest BCUT2D eigenvalue weighted by Crippen LogP contribution is 2.47. The second-order valence-electron chi connectivity index (χ2n) is 2.46. The van der Waals surface area contributed by atoms with Crippen molar-refractivity contribution >= 4 is 5.97 Å². The molecule has 50 valence electrons. The van der Waals surface area contributed by atoms with Crippen LogP contribution in [0, 0.1) is 5.41 Å². The van der Waals surface area contributed by atoms with Crippen molar-refractivity contribution in [2.75, 3.05) is 0 Å². The van der Waals surface area contributed by atoms with Gasteiger partial charge in [0.25, 0.3) is 0 Å². The maximum absolute atomic E-state index is 10.4. The van der Waals surface area contributed by atoms with Crippen LogP contribution < -0.4 is 0 Å². The Morgan fingerprint density at radius 2 is 2.22 bits per heavy atom. The Morgan fingerprint density at radius 3 is 2.33 bits per heavy atom. The molecule has 2 heteroatoms. The summed E-state index contributed by atoms with van der Waals surface area (Å²) in [4.78, 5) is 10.4. The maximum atomic E-state index is 10.4. The summed E-state index contributed by atoms with van der Waals surface area (Å²) in [6, 6.07) is 0. The standard InChI is InChI=1S/C7H10O2/c1-2-3-7(4-5-7)6(8)9/h2-3H,4-5H2,1H3,(H,8,9)/b3-2+. The van der Waals surface area contributed by atoms with Crippen molar-refractivity contribution in [1.29, 1.82) is 0 Å². The van der Waals surface area contributed by atoms with Crippen LogP contribution in [0.3, 0.4) is 0 Å². The lowest BCUT2D eigenvalue weighted by Crippen LogP contribution is -2.10. The normalized spacial score (nSPS) is 22.3. The van der Waals surface area contributed by atoms with Crippen molar-refractivity contribution in [3.05, 3.63) is 12.2 Å². The Kier molecular flexibility index (Phi) is 1.31. The monoisotopic (exact) mass is 126 g/mol. The Bertz CT molecular complexity index is 154. The van der Waals surface area contributed by atoms with Gasteiger partial charge in [-0.1, -0.05) is 12.2 Å². The van der Waals surface area contributed by atoms with Crippen LogP contribution in [0.15, 0.2) is 12.2 Å². The van der Waals surface area contributed by atoms with Crippen LogP contribution in [0.4, 0.5) is 0 Å². The first-order valence-electron chi connectivity index (χ1n) is 3.08. The summed E-state index contributed by atoms with van der Waals surface area (Å²) < 4.78 is 0. The molecule has 1 aliphatic carbocycles. The molecule has 0 spiro atoms. The molecule has 1 saturated carbocycles. The lowest BCUT2D eigenvalue weighted by molar-refractivity contribution is -0.141. The highest BCUT2D eigenvalue weighted by atomic mass is 16.4. The molecule has 0 aromatic heterocycles. The summed E-state index contributed by atoms with van der Waals surface area (Å²) in [5.41, 5.74) is -0.464. The van der Waals surface area contributed by atoms with E-state index in [9.17, 15) is 4.79 Å². The van der Waals surface area contributed by atoms with Crippen LogP contribution in [-0.4, -0.2) is 11.1 Å². The quantitative estimate of drug-likeness (QED) is 0.568. The molecule has 1 N–H and O–H groups in total.